The van der Waals surface area contributed by atoms with E-state index in [-0.39, 0.29) is 29.0 Å². The maximum absolute atomic E-state index is 12.9. The number of carbonyl (C=O) groups excluding carboxylic acids is 2. The first-order valence-electron chi connectivity index (χ1n) is 8.49. The lowest BCUT2D eigenvalue weighted by Crippen LogP contribution is -2.23. The number of benzene rings is 1. The number of carbonyl (C=O) groups is 2. The molecule has 1 aliphatic rings. The second kappa shape index (κ2) is 9.82. The second-order valence-corrected chi connectivity index (χ2v) is 7.66. The van der Waals surface area contributed by atoms with Crippen molar-refractivity contribution in [2.75, 3.05) is 11.6 Å². The van der Waals surface area contributed by atoms with Gasteiger partial charge >= 0.3 is 0 Å². The number of amides is 1. The van der Waals surface area contributed by atoms with Gasteiger partial charge in [-0.15, -0.1) is 11.8 Å². The zero-order valence-corrected chi connectivity index (χ0v) is 16.5. The van der Waals surface area contributed by atoms with Crippen LogP contribution in [0.4, 0.5) is 5.82 Å². The minimum atomic E-state index is -0.388. The maximum atomic E-state index is 12.9. The summed E-state index contributed by atoms with van der Waals surface area (Å²) in [5, 5.41) is 3.46. The number of aromatic nitrogens is 2. The molecule has 1 fully saturated rings. The SMILES string of the molecule is CSc1ccc(C(CC2CCC(=O)C2)C(=O)Nc2cnccn2)cc1Cl.O. The quantitative estimate of drug-likeness (QED) is 0.738. The molecule has 1 saturated carbocycles. The fourth-order valence-corrected chi connectivity index (χ4v) is 4.18. The van der Waals surface area contributed by atoms with Gasteiger partial charge in [0.25, 0.3) is 0 Å². The van der Waals surface area contributed by atoms with Crippen molar-refractivity contribution in [3.05, 3.63) is 47.4 Å². The summed E-state index contributed by atoms with van der Waals surface area (Å²) in [6.45, 7) is 0. The average Bonchev–Trinajstić information content (AvgIpc) is 3.05. The van der Waals surface area contributed by atoms with E-state index in [4.69, 9.17) is 11.6 Å². The summed E-state index contributed by atoms with van der Waals surface area (Å²) in [5.41, 5.74) is 0.855. The van der Waals surface area contributed by atoms with Gasteiger partial charge in [0.05, 0.1) is 17.1 Å². The minimum absolute atomic E-state index is 0. The third kappa shape index (κ3) is 5.51. The van der Waals surface area contributed by atoms with Crippen LogP contribution in [0.3, 0.4) is 0 Å². The molecule has 144 valence electrons. The Morgan fingerprint density at radius 1 is 1.41 bits per heavy atom. The van der Waals surface area contributed by atoms with Crippen molar-refractivity contribution in [1.82, 2.24) is 9.97 Å². The van der Waals surface area contributed by atoms with Gasteiger partial charge < -0.3 is 10.8 Å². The summed E-state index contributed by atoms with van der Waals surface area (Å²) in [6, 6.07) is 5.73. The van der Waals surface area contributed by atoms with E-state index >= 15 is 0 Å². The third-order valence-electron chi connectivity index (χ3n) is 4.63. The molecule has 1 aromatic carbocycles. The molecule has 1 aliphatic carbocycles. The van der Waals surface area contributed by atoms with E-state index in [1.54, 1.807) is 18.0 Å². The average molecular weight is 408 g/mol. The molecule has 2 atom stereocenters. The molecular weight excluding hydrogens is 386 g/mol. The predicted molar refractivity (Wildman–Crippen MR) is 107 cm³/mol. The van der Waals surface area contributed by atoms with Gasteiger partial charge in [-0.3, -0.25) is 14.6 Å². The first-order chi connectivity index (χ1) is 12.6. The summed E-state index contributed by atoms with van der Waals surface area (Å²) in [7, 11) is 0. The molecule has 0 spiro atoms. The van der Waals surface area contributed by atoms with Gasteiger partial charge in [-0.2, -0.15) is 0 Å². The smallest absolute Gasteiger partial charge is 0.233 e. The maximum Gasteiger partial charge on any atom is 0.233 e. The van der Waals surface area contributed by atoms with Crippen LogP contribution in [0, 0.1) is 5.92 Å². The van der Waals surface area contributed by atoms with Crippen LogP contribution in [0.1, 0.15) is 37.2 Å². The van der Waals surface area contributed by atoms with Crippen molar-refractivity contribution >= 4 is 40.9 Å². The predicted octanol–water partition coefficient (Wildman–Crippen LogP) is 3.51. The Hall–Kier alpha value is -1.96. The zero-order chi connectivity index (χ0) is 18.5. The highest BCUT2D eigenvalue weighted by Crippen LogP contribution is 2.36. The molecule has 2 unspecified atom stereocenters. The number of hydrogen-bond donors (Lipinski definition) is 1. The fourth-order valence-electron chi connectivity index (χ4n) is 3.30. The summed E-state index contributed by atoms with van der Waals surface area (Å²) < 4.78 is 0. The lowest BCUT2D eigenvalue weighted by Gasteiger charge is -2.20. The Kier molecular flexibility index (Phi) is 7.77. The molecule has 1 aromatic heterocycles. The van der Waals surface area contributed by atoms with E-state index < -0.39 is 0 Å². The zero-order valence-electron chi connectivity index (χ0n) is 14.9. The third-order valence-corrected chi connectivity index (χ3v) is 5.85. The van der Waals surface area contributed by atoms with Gasteiger partial charge in [0.2, 0.25) is 5.91 Å². The minimum Gasteiger partial charge on any atom is -0.412 e. The molecule has 0 aliphatic heterocycles. The lowest BCUT2D eigenvalue weighted by molar-refractivity contribution is -0.119. The second-order valence-electron chi connectivity index (χ2n) is 6.41. The number of halogens is 1. The summed E-state index contributed by atoms with van der Waals surface area (Å²) in [6.07, 6.45) is 9.17. The number of ketones is 1. The Bertz CT molecular complexity index is 804. The molecule has 6 nitrogen and oxygen atoms in total. The Morgan fingerprint density at radius 3 is 2.81 bits per heavy atom. The van der Waals surface area contributed by atoms with E-state index in [1.807, 2.05) is 24.5 Å². The first kappa shape index (κ1) is 21.3. The van der Waals surface area contributed by atoms with Crippen LogP contribution in [0.5, 0.6) is 0 Å². The molecule has 1 amide bonds. The van der Waals surface area contributed by atoms with Gasteiger partial charge in [-0.05, 0) is 42.7 Å². The summed E-state index contributed by atoms with van der Waals surface area (Å²) in [4.78, 5) is 33.6. The van der Waals surface area contributed by atoms with E-state index in [9.17, 15) is 9.59 Å². The van der Waals surface area contributed by atoms with Crippen LogP contribution in [-0.2, 0) is 9.59 Å². The van der Waals surface area contributed by atoms with Crippen LogP contribution in [0.2, 0.25) is 5.02 Å². The van der Waals surface area contributed by atoms with Crippen molar-refractivity contribution < 1.29 is 15.1 Å². The molecular formula is C19H22ClN3O3S. The molecule has 8 heteroatoms. The van der Waals surface area contributed by atoms with Gasteiger partial charge in [0.15, 0.2) is 5.82 Å². The highest BCUT2D eigenvalue weighted by atomic mass is 35.5. The van der Waals surface area contributed by atoms with Crippen LogP contribution in [0.15, 0.2) is 41.7 Å². The highest BCUT2D eigenvalue weighted by Gasteiger charge is 2.30. The monoisotopic (exact) mass is 407 g/mol. The topological polar surface area (TPSA) is 103 Å². The first-order valence-corrected chi connectivity index (χ1v) is 10.1. The number of nitrogens with one attached hydrogen (secondary N) is 1. The van der Waals surface area contributed by atoms with Crippen LogP contribution < -0.4 is 5.32 Å². The number of nitrogens with zero attached hydrogens (tertiary/aromatic N) is 2. The molecule has 0 saturated heterocycles. The van der Waals surface area contributed by atoms with Gasteiger partial charge in [-0.25, -0.2) is 4.98 Å². The molecule has 3 N–H and O–H groups in total. The Morgan fingerprint density at radius 2 is 2.22 bits per heavy atom. The van der Waals surface area contributed by atoms with Gasteiger partial charge in [0.1, 0.15) is 5.78 Å². The number of thioether (sulfide) groups is 1. The fraction of sp³-hybridized carbons (Fsp3) is 0.368. The number of rotatable bonds is 6. The van der Waals surface area contributed by atoms with Gasteiger partial charge in [-0.1, -0.05) is 17.7 Å². The Balaban J connectivity index is 0.00000261. The number of Topliss-reactive ketones (excluding diaryl/α,β-unsaturated/α-hetero) is 1. The molecule has 0 radical (unpaired) electrons. The largest absolute Gasteiger partial charge is 0.412 e. The number of anilines is 1. The highest BCUT2D eigenvalue weighted by molar-refractivity contribution is 7.98. The molecule has 0 bridgehead atoms. The van der Waals surface area contributed by atoms with E-state index in [2.05, 4.69) is 15.3 Å². The molecule has 27 heavy (non-hydrogen) atoms. The van der Waals surface area contributed by atoms with Crippen LogP contribution >= 0.6 is 23.4 Å². The van der Waals surface area contributed by atoms with Crippen molar-refractivity contribution in [2.45, 2.75) is 36.5 Å². The number of hydrogen-bond acceptors (Lipinski definition) is 5. The Labute approximate surface area is 167 Å². The van der Waals surface area contributed by atoms with Crippen molar-refractivity contribution in [2.24, 2.45) is 5.92 Å². The summed E-state index contributed by atoms with van der Waals surface area (Å²) in [5.74, 6) is 0.369. The van der Waals surface area contributed by atoms with Crippen LogP contribution in [-0.4, -0.2) is 33.4 Å². The van der Waals surface area contributed by atoms with Gasteiger partial charge in [0, 0.05) is 30.1 Å². The lowest BCUT2D eigenvalue weighted by atomic mass is 9.87. The normalized spacial score (nSPS) is 17.3. The standard InChI is InChI=1S/C19H20ClN3O2S.H2O/c1-26-17-5-3-13(10-16(17)20)15(9-12-2-4-14(24)8-12)19(25)23-18-11-21-6-7-22-18;/h3,5-7,10-12,15H,2,4,8-9H2,1H3,(H,22,23,25);1H2. The van der Waals surface area contributed by atoms with E-state index in [1.165, 1.54) is 12.4 Å². The van der Waals surface area contributed by atoms with Crippen molar-refractivity contribution in [3.8, 4) is 0 Å². The van der Waals surface area contributed by atoms with E-state index in [0.29, 0.717) is 30.1 Å². The van der Waals surface area contributed by atoms with Crippen molar-refractivity contribution in [1.29, 1.82) is 0 Å². The van der Waals surface area contributed by atoms with Crippen molar-refractivity contribution in [3.63, 3.8) is 0 Å². The van der Waals surface area contributed by atoms with E-state index in [0.717, 1.165) is 16.9 Å². The summed E-state index contributed by atoms with van der Waals surface area (Å²) >= 11 is 7.91. The van der Waals surface area contributed by atoms with Crippen LogP contribution in [0.25, 0.3) is 0 Å². The molecule has 3 rings (SSSR count). The molecule has 2 aromatic rings. The molecule has 1 heterocycles.